The number of carboxylic acids is 1. The van der Waals surface area contributed by atoms with E-state index in [1.807, 2.05) is 0 Å². The first-order chi connectivity index (χ1) is 7.82. The fourth-order valence-electron chi connectivity index (χ4n) is 1.44. The van der Waals surface area contributed by atoms with Crippen molar-refractivity contribution in [2.45, 2.75) is 25.8 Å². The summed E-state index contributed by atoms with van der Waals surface area (Å²) in [7, 11) is 0. The fourth-order valence-corrected chi connectivity index (χ4v) is 1.66. The quantitative estimate of drug-likeness (QED) is 0.868. The number of hydrogen-bond donors (Lipinski definition) is 2. The molecule has 0 unspecified atom stereocenters. The third kappa shape index (κ3) is 4.07. The summed E-state index contributed by atoms with van der Waals surface area (Å²) in [5, 5.41) is 11.7. The highest BCUT2D eigenvalue weighted by Gasteiger charge is 2.25. The summed E-state index contributed by atoms with van der Waals surface area (Å²) in [6, 6.07) is 6.63. The summed E-state index contributed by atoms with van der Waals surface area (Å²) in [6.07, 6.45) is -0.150. The van der Waals surface area contributed by atoms with E-state index in [1.165, 1.54) is 0 Å². The van der Waals surface area contributed by atoms with Gasteiger partial charge in [0.25, 0.3) is 5.91 Å². The van der Waals surface area contributed by atoms with Crippen LogP contribution in [0, 0.1) is 0 Å². The fraction of sp³-hybridized carbons (Fsp3) is 0.333. The van der Waals surface area contributed by atoms with Crippen molar-refractivity contribution in [2.75, 3.05) is 0 Å². The number of halogens is 1. The topological polar surface area (TPSA) is 66.4 Å². The van der Waals surface area contributed by atoms with E-state index in [0.717, 1.165) is 0 Å². The molecule has 0 aromatic heterocycles. The van der Waals surface area contributed by atoms with Crippen LogP contribution in [0.15, 0.2) is 24.3 Å². The maximum atomic E-state index is 11.9. The third-order valence-electron chi connectivity index (χ3n) is 2.16. The van der Waals surface area contributed by atoms with Crippen LogP contribution in [-0.2, 0) is 4.79 Å². The van der Waals surface area contributed by atoms with E-state index in [4.69, 9.17) is 16.7 Å². The Balaban J connectivity index is 2.79. The van der Waals surface area contributed by atoms with Crippen LogP contribution in [0.5, 0.6) is 0 Å². The van der Waals surface area contributed by atoms with Crippen LogP contribution in [0.4, 0.5) is 0 Å². The molecule has 0 heterocycles. The molecule has 5 heteroatoms. The molecule has 0 aliphatic rings. The molecule has 17 heavy (non-hydrogen) atoms. The van der Waals surface area contributed by atoms with Crippen molar-refractivity contribution >= 4 is 23.5 Å². The van der Waals surface area contributed by atoms with Gasteiger partial charge in [0.2, 0.25) is 0 Å². The van der Waals surface area contributed by atoms with Gasteiger partial charge in [0.05, 0.1) is 17.0 Å². The van der Waals surface area contributed by atoms with Gasteiger partial charge in [0.15, 0.2) is 0 Å². The molecule has 0 aliphatic heterocycles. The molecule has 1 rings (SSSR count). The normalized spacial score (nSPS) is 11.0. The van der Waals surface area contributed by atoms with E-state index in [0.29, 0.717) is 10.6 Å². The Labute approximate surface area is 105 Å². The maximum absolute atomic E-state index is 11.9. The largest absolute Gasteiger partial charge is 0.481 e. The van der Waals surface area contributed by atoms with Gasteiger partial charge in [-0.3, -0.25) is 9.59 Å². The minimum Gasteiger partial charge on any atom is -0.481 e. The molecule has 0 saturated heterocycles. The monoisotopic (exact) mass is 255 g/mol. The minimum atomic E-state index is -0.963. The Morgan fingerprint density at radius 3 is 2.47 bits per heavy atom. The highest BCUT2D eigenvalue weighted by molar-refractivity contribution is 6.33. The first kappa shape index (κ1) is 13.5. The first-order valence-corrected chi connectivity index (χ1v) is 5.48. The van der Waals surface area contributed by atoms with E-state index >= 15 is 0 Å². The van der Waals surface area contributed by atoms with Crippen LogP contribution >= 0.6 is 11.6 Å². The standard InChI is InChI=1S/C12H14ClNO3/c1-12(2,7-10(15)16)14-11(17)8-5-3-4-6-9(8)13/h3-6H,7H2,1-2H3,(H,14,17)(H,15,16). The van der Waals surface area contributed by atoms with Crippen molar-refractivity contribution in [3.05, 3.63) is 34.9 Å². The Hall–Kier alpha value is -1.55. The minimum absolute atomic E-state index is 0.150. The predicted octanol–water partition coefficient (Wildman–Crippen LogP) is 2.32. The van der Waals surface area contributed by atoms with Crippen molar-refractivity contribution in [1.82, 2.24) is 5.32 Å². The number of amides is 1. The van der Waals surface area contributed by atoms with Crippen LogP contribution in [0.1, 0.15) is 30.6 Å². The van der Waals surface area contributed by atoms with E-state index in [2.05, 4.69) is 5.32 Å². The van der Waals surface area contributed by atoms with Crippen LogP contribution in [0.2, 0.25) is 5.02 Å². The lowest BCUT2D eigenvalue weighted by atomic mass is 10.00. The maximum Gasteiger partial charge on any atom is 0.305 e. The SMILES string of the molecule is CC(C)(CC(=O)O)NC(=O)c1ccccc1Cl. The first-order valence-electron chi connectivity index (χ1n) is 5.11. The molecular weight excluding hydrogens is 242 g/mol. The summed E-state index contributed by atoms with van der Waals surface area (Å²) in [6.45, 7) is 3.30. The van der Waals surface area contributed by atoms with Crippen LogP contribution < -0.4 is 5.32 Å². The average Bonchev–Trinajstić information content (AvgIpc) is 2.14. The van der Waals surface area contributed by atoms with E-state index in [-0.39, 0.29) is 12.3 Å². The van der Waals surface area contributed by atoms with Crippen molar-refractivity contribution in [1.29, 1.82) is 0 Å². The second-order valence-electron chi connectivity index (χ2n) is 4.39. The predicted molar refractivity (Wildman–Crippen MR) is 65.3 cm³/mol. The van der Waals surface area contributed by atoms with Gasteiger partial charge in [-0.15, -0.1) is 0 Å². The second kappa shape index (κ2) is 5.19. The zero-order valence-electron chi connectivity index (χ0n) is 9.66. The smallest absolute Gasteiger partial charge is 0.305 e. The zero-order valence-corrected chi connectivity index (χ0v) is 10.4. The summed E-state index contributed by atoms with van der Waals surface area (Å²) in [5.74, 6) is -1.34. The molecule has 92 valence electrons. The number of carboxylic acid groups (broad SMARTS) is 1. The Bertz CT molecular complexity index is 443. The van der Waals surface area contributed by atoms with Crippen molar-refractivity contribution < 1.29 is 14.7 Å². The molecule has 0 fully saturated rings. The van der Waals surface area contributed by atoms with Crippen LogP contribution in [-0.4, -0.2) is 22.5 Å². The molecule has 1 amide bonds. The Kier molecular flexibility index (Phi) is 4.12. The summed E-state index contributed by atoms with van der Waals surface area (Å²) < 4.78 is 0. The van der Waals surface area contributed by atoms with Gasteiger partial charge >= 0.3 is 5.97 Å². The lowest BCUT2D eigenvalue weighted by molar-refractivity contribution is -0.138. The van der Waals surface area contributed by atoms with E-state index in [9.17, 15) is 9.59 Å². The van der Waals surface area contributed by atoms with Crippen molar-refractivity contribution in [3.63, 3.8) is 0 Å². The molecule has 0 atom stereocenters. The molecule has 4 nitrogen and oxygen atoms in total. The second-order valence-corrected chi connectivity index (χ2v) is 4.80. The van der Waals surface area contributed by atoms with E-state index < -0.39 is 11.5 Å². The molecule has 1 aromatic carbocycles. The summed E-state index contributed by atoms with van der Waals surface area (Å²) in [4.78, 5) is 22.5. The van der Waals surface area contributed by atoms with Gasteiger partial charge in [-0.2, -0.15) is 0 Å². The van der Waals surface area contributed by atoms with Gasteiger partial charge in [0, 0.05) is 5.54 Å². The lowest BCUT2D eigenvalue weighted by Gasteiger charge is -2.24. The summed E-state index contributed by atoms with van der Waals surface area (Å²) >= 11 is 5.88. The number of carbonyl (C=O) groups excluding carboxylic acids is 1. The van der Waals surface area contributed by atoms with Crippen molar-refractivity contribution in [2.24, 2.45) is 0 Å². The van der Waals surface area contributed by atoms with Gasteiger partial charge in [-0.05, 0) is 26.0 Å². The Morgan fingerprint density at radius 2 is 1.94 bits per heavy atom. The van der Waals surface area contributed by atoms with Gasteiger partial charge in [0.1, 0.15) is 0 Å². The van der Waals surface area contributed by atoms with Gasteiger partial charge in [-0.25, -0.2) is 0 Å². The van der Waals surface area contributed by atoms with E-state index in [1.54, 1.807) is 38.1 Å². The number of nitrogens with one attached hydrogen (secondary N) is 1. The number of carbonyl (C=O) groups is 2. The number of hydrogen-bond acceptors (Lipinski definition) is 2. The lowest BCUT2D eigenvalue weighted by Crippen LogP contribution is -2.45. The average molecular weight is 256 g/mol. The number of rotatable bonds is 4. The van der Waals surface area contributed by atoms with Crippen LogP contribution in [0.25, 0.3) is 0 Å². The summed E-state index contributed by atoms with van der Waals surface area (Å²) in [5.41, 5.74) is -0.477. The molecule has 0 bridgehead atoms. The van der Waals surface area contributed by atoms with Gasteiger partial charge in [-0.1, -0.05) is 23.7 Å². The molecule has 0 aliphatic carbocycles. The molecule has 0 spiro atoms. The molecule has 1 aromatic rings. The molecule has 0 saturated carbocycles. The number of benzene rings is 1. The third-order valence-corrected chi connectivity index (χ3v) is 2.49. The highest BCUT2D eigenvalue weighted by atomic mass is 35.5. The molecular formula is C12H14ClNO3. The molecule has 2 N–H and O–H groups in total. The van der Waals surface area contributed by atoms with Crippen molar-refractivity contribution in [3.8, 4) is 0 Å². The number of aliphatic carboxylic acids is 1. The molecule has 0 radical (unpaired) electrons. The Morgan fingerprint density at radius 1 is 1.35 bits per heavy atom. The highest BCUT2D eigenvalue weighted by Crippen LogP contribution is 2.17. The van der Waals surface area contributed by atoms with Crippen LogP contribution in [0.3, 0.4) is 0 Å². The van der Waals surface area contributed by atoms with Gasteiger partial charge < -0.3 is 10.4 Å². The zero-order chi connectivity index (χ0) is 13.1.